The van der Waals surface area contributed by atoms with Crippen LogP contribution in [0.3, 0.4) is 0 Å². The number of carbonyl (C=O) groups excluding carboxylic acids is 1. The number of hydrogen-bond acceptors (Lipinski definition) is 6. The summed E-state index contributed by atoms with van der Waals surface area (Å²) in [4.78, 5) is 16.9. The van der Waals surface area contributed by atoms with Gasteiger partial charge in [-0.1, -0.05) is 87.0 Å². The Balaban J connectivity index is 1.18. The third kappa shape index (κ3) is 5.99. The molecule has 2 aromatic rings. The zero-order chi connectivity index (χ0) is 36.2. The normalized spacial score (nSPS) is 37.1. The lowest BCUT2D eigenvalue weighted by atomic mass is 9.32. The van der Waals surface area contributed by atoms with Crippen molar-refractivity contribution < 1.29 is 29.2 Å². The molecule has 1 unspecified atom stereocenters. The number of benzene rings is 2. The number of fused-ring (bicyclic) bond motifs is 1. The second kappa shape index (κ2) is 13.8. The summed E-state index contributed by atoms with van der Waals surface area (Å²) in [5.74, 6) is -0.464. The van der Waals surface area contributed by atoms with Gasteiger partial charge in [0, 0.05) is 51.9 Å². The van der Waals surface area contributed by atoms with Crippen molar-refractivity contribution in [3.8, 4) is 0 Å². The SMILES string of the molecule is CCCN(C[C@@H](O)COCc1ccccc1)C[C@]1(O)CC[C@H]2[C@]34C=C[C@@]5(C=C3C(=O)Cc3c(F)cccc3Cl)CC(O)CC[C@]5(C)[C@H]4CC[C@@]21C. The van der Waals surface area contributed by atoms with Crippen LogP contribution in [0.25, 0.3) is 0 Å². The van der Waals surface area contributed by atoms with E-state index in [1.807, 2.05) is 30.3 Å². The molecule has 0 radical (unpaired) electrons. The van der Waals surface area contributed by atoms with Crippen LogP contribution < -0.4 is 0 Å². The Morgan fingerprint density at radius 2 is 1.75 bits per heavy atom. The number of carbonyl (C=O) groups is 1. The minimum Gasteiger partial charge on any atom is -0.393 e. The van der Waals surface area contributed by atoms with Gasteiger partial charge >= 0.3 is 0 Å². The van der Waals surface area contributed by atoms with Gasteiger partial charge in [0.15, 0.2) is 5.78 Å². The lowest BCUT2D eigenvalue weighted by Gasteiger charge is -2.71. The third-order valence-corrected chi connectivity index (χ3v) is 14.7. The van der Waals surface area contributed by atoms with E-state index in [0.717, 1.165) is 56.2 Å². The van der Waals surface area contributed by atoms with Crippen LogP contribution in [0.15, 0.2) is 72.3 Å². The first-order valence-corrected chi connectivity index (χ1v) is 19.5. The van der Waals surface area contributed by atoms with E-state index in [1.54, 1.807) is 12.1 Å². The molecule has 2 bridgehead atoms. The molecular weight excluding hydrogens is 665 g/mol. The number of halogens is 2. The van der Waals surface area contributed by atoms with Crippen LogP contribution in [0.1, 0.15) is 83.3 Å². The summed E-state index contributed by atoms with van der Waals surface area (Å²) in [7, 11) is 0. The van der Waals surface area contributed by atoms with Crippen LogP contribution in [0.2, 0.25) is 5.02 Å². The smallest absolute Gasteiger partial charge is 0.164 e. The number of ether oxygens (including phenoxy) is 1. The van der Waals surface area contributed by atoms with E-state index in [-0.39, 0.29) is 46.6 Å². The number of aliphatic hydroxyl groups is 3. The maximum atomic E-state index is 15.1. The van der Waals surface area contributed by atoms with Crippen molar-refractivity contribution in [2.45, 2.75) is 103 Å². The number of nitrogens with zero attached hydrogens (tertiary/aromatic N) is 1. The minimum atomic E-state index is -1.04. The van der Waals surface area contributed by atoms with Crippen molar-refractivity contribution in [3.05, 3.63) is 94.3 Å². The molecule has 6 aliphatic rings. The van der Waals surface area contributed by atoms with Crippen molar-refractivity contribution in [2.24, 2.45) is 33.5 Å². The highest BCUT2D eigenvalue weighted by molar-refractivity contribution is 6.31. The molecular formula is C43H55ClFNO5. The molecule has 8 heteroatoms. The zero-order valence-corrected chi connectivity index (χ0v) is 31.2. The molecule has 6 aliphatic carbocycles. The van der Waals surface area contributed by atoms with Gasteiger partial charge in [0.1, 0.15) is 5.82 Å². The highest BCUT2D eigenvalue weighted by Gasteiger charge is 2.74. The second-order valence-corrected chi connectivity index (χ2v) is 17.4. The van der Waals surface area contributed by atoms with Crippen LogP contribution in [-0.4, -0.2) is 70.1 Å². The molecule has 51 heavy (non-hydrogen) atoms. The Labute approximate surface area is 307 Å². The molecule has 0 saturated heterocycles. The Bertz CT molecular complexity index is 1660. The quantitative estimate of drug-likeness (QED) is 0.186. The number of Topliss-reactive ketones (excluding diaryl/α,β-unsaturated/α-hetero) is 1. The summed E-state index contributed by atoms with van der Waals surface area (Å²) in [5.41, 5.74) is -0.780. The predicted octanol–water partition coefficient (Wildman–Crippen LogP) is 7.47. The van der Waals surface area contributed by atoms with Crippen LogP contribution in [-0.2, 0) is 22.6 Å². The Morgan fingerprint density at radius 1 is 1.02 bits per heavy atom. The highest BCUT2D eigenvalue weighted by atomic mass is 35.5. The highest BCUT2D eigenvalue weighted by Crippen LogP contribution is 2.78. The summed E-state index contributed by atoms with van der Waals surface area (Å²) in [6.45, 7) is 8.92. The van der Waals surface area contributed by atoms with Gasteiger partial charge in [-0.25, -0.2) is 4.39 Å². The molecule has 0 aromatic heterocycles. The Morgan fingerprint density at radius 3 is 2.49 bits per heavy atom. The van der Waals surface area contributed by atoms with E-state index in [4.69, 9.17) is 16.3 Å². The molecule has 3 fully saturated rings. The van der Waals surface area contributed by atoms with Crippen molar-refractivity contribution in [1.29, 1.82) is 0 Å². The molecule has 276 valence electrons. The lowest BCUT2D eigenvalue weighted by Crippen LogP contribution is -2.67. The van der Waals surface area contributed by atoms with Gasteiger partial charge in [0.25, 0.3) is 0 Å². The summed E-state index contributed by atoms with van der Waals surface area (Å²) in [6.07, 6.45) is 11.6. The van der Waals surface area contributed by atoms with Gasteiger partial charge in [0.2, 0.25) is 0 Å². The van der Waals surface area contributed by atoms with Gasteiger partial charge in [-0.15, -0.1) is 0 Å². The summed E-state index contributed by atoms with van der Waals surface area (Å²) < 4.78 is 21.0. The number of rotatable bonds is 13. The average molecular weight is 720 g/mol. The summed E-state index contributed by atoms with van der Waals surface area (Å²) in [6, 6.07) is 14.5. The van der Waals surface area contributed by atoms with Crippen LogP contribution in [0.4, 0.5) is 4.39 Å². The molecule has 9 atom stereocenters. The van der Waals surface area contributed by atoms with E-state index in [9.17, 15) is 20.1 Å². The molecule has 0 aliphatic heterocycles. The van der Waals surface area contributed by atoms with E-state index in [0.29, 0.717) is 32.5 Å². The van der Waals surface area contributed by atoms with E-state index in [2.05, 4.69) is 43.9 Å². The van der Waals surface area contributed by atoms with Crippen LogP contribution >= 0.6 is 11.6 Å². The van der Waals surface area contributed by atoms with Gasteiger partial charge in [0.05, 0.1) is 31.0 Å². The van der Waals surface area contributed by atoms with Crippen molar-refractivity contribution in [2.75, 3.05) is 26.2 Å². The molecule has 0 amide bonds. The van der Waals surface area contributed by atoms with E-state index in [1.165, 1.54) is 6.07 Å². The first-order chi connectivity index (χ1) is 24.3. The Kier molecular flexibility index (Phi) is 9.99. The third-order valence-electron chi connectivity index (χ3n) is 14.3. The molecule has 0 heterocycles. The first-order valence-electron chi connectivity index (χ1n) is 19.1. The van der Waals surface area contributed by atoms with Crippen LogP contribution in [0.5, 0.6) is 0 Å². The minimum absolute atomic E-state index is 0.0131. The lowest BCUT2D eigenvalue weighted by molar-refractivity contribution is -0.179. The zero-order valence-electron chi connectivity index (χ0n) is 30.4. The maximum Gasteiger partial charge on any atom is 0.164 e. The first kappa shape index (κ1) is 36.9. The standard InChI is InChI=1S/C43H55ClFNO5/c1-4-21-46(25-31(48)27-51-26-29-9-6-5-7-10-29)28-42(50)18-15-38-40(42,3)17-14-37-39(2)16-13-30(47)23-41(39)19-20-43(37,38)33(24-41)36(49)22-32-34(44)11-8-12-35(32)45/h5-12,19-20,24,30-31,37-38,47-48,50H,4,13-18,21-23,25-28H2,1-3H3/t30?,31-,37-,38-,39-,40+,41+,42-,43-/m1/s1. The van der Waals surface area contributed by atoms with E-state index < -0.39 is 39.9 Å². The summed E-state index contributed by atoms with van der Waals surface area (Å²) in [5, 5.41) is 35.2. The van der Waals surface area contributed by atoms with Gasteiger partial charge < -0.3 is 20.1 Å². The fraction of sp³-hybridized carbons (Fsp3) is 0.605. The molecule has 3 saturated carbocycles. The predicted molar refractivity (Wildman–Crippen MR) is 198 cm³/mol. The topological polar surface area (TPSA) is 90.2 Å². The number of allylic oxidation sites excluding steroid dienone is 4. The van der Waals surface area contributed by atoms with E-state index >= 15 is 4.39 Å². The van der Waals surface area contributed by atoms with Crippen molar-refractivity contribution in [1.82, 2.24) is 4.90 Å². The number of hydrogen-bond donors (Lipinski definition) is 3. The van der Waals surface area contributed by atoms with Crippen LogP contribution in [0, 0.1) is 39.3 Å². The molecule has 3 N–H and O–H groups in total. The largest absolute Gasteiger partial charge is 0.393 e. The van der Waals surface area contributed by atoms with Gasteiger partial charge in [-0.2, -0.15) is 0 Å². The second-order valence-electron chi connectivity index (χ2n) is 17.0. The fourth-order valence-corrected chi connectivity index (χ4v) is 12.0. The number of ketones is 1. The Hall–Kier alpha value is -2.39. The molecule has 6 nitrogen and oxygen atoms in total. The average Bonchev–Trinajstić information content (AvgIpc) is 3.36. The van der Waals surface area contributed by atoms with Gasteiger partial charge in [-0.3, -0.25) is 9.69 Å². The maximum absolute atomic E-state index is 15.1. The fourth-order valence-electron chi connectivity index (χ4n) is 11.8. The molecule has 2 aromatic carbocycles. The van der Waals surface area contributed by atoms with Crippen molar-refractivity contribution >= 4 is 17.4 Å². The molecule has 8 rings (SSSR count). The number of aliphatic hydroxyl groups excluding tert-OH is 2. The van der Waals surface area contributed by atoms with Gasteiger partial charge in [-0.05, 0) is 92.9 Å². The monoisotopic (exact) mass is 719 g/mol. The van der Waals surface area contributed by atoms with Crippen molar-refractivity contribution in [3.63, 3.8) is 0 Å². The summed E-state index contributed by atoms with van der Waals surface area (Å²) >= 11 is 6.47. The molecule has 2 spiro atoms.